The minimum Gasteiger partial charge on any atom is -0.335 e. The minimum absolute atomic E-state index is 0.0998. The fourth-order valence-corrected chi connectivity index (χ4v) is 4.18. The van der Waals surface area contributed by atoms with Crippen molar-refractivity contribution in [2.45, 2.75) is 17.6 Å². The Morgan fingerprint density at radius 1 is 1.07 bits per heavy atom. The molecule has 0 saturated heterocycles. The maximum Gasteiger partial charge on any atom is 0.416 e. The molecule has 0 bridgehead atoms. The van der Waals surface area contributed by atoms with Gasteiger partial charge in [-0.05, 0) is 49.5 Å². The first kappa shape index (κ1) is 19.5. The lowest BCUT2D eigenvalue weighted by Crippen LogP contribution is -2.23. The Balaban J connectivity index is 1.85. The number of hydrogen-bond acceptors (Lipinski definition) is 4. The normalized spacial score (nSPS) is 13.9. The van der Waals surface area contributed by atoms with Gasteiger partial charge in [-0.1, -0.05) is 0 Å². The molecule has 0 radical (unpaired) electrons. The Hall–Kier alpha value is -2.85. The lowest BCUT2D eigenvalue weighted by molar-refractivity contribution is -0.137. The predicted molar refractivity (Wildman–Crippen MR) is 102 cm³/mol. The highest BCUT2D eigenvalue weighted by atomic mass is 32.2. The van der Waals surface area contributed by atoms with E-state index in [-0.39, 0.29) is 4.90 Å². The molecule has 1 aliphatic rings. The number of hydrogen-bond donors (Lipinski definition) is 1. The van der Waals surface area contributed by atoms with Gasteiger partial charge in [0.25, 0.3) is 0 Å². The monoisotopic (exact) mass is 422 g/mol. The molecule has 4 rings (SSSR count). The lowest BCUT2D eigenvalue weighted by atomic mass is 9.98. The van der Waals surface area contributed by atoms with Gasteiger partial charge in [0.05, 0.1) is 22.7 Å². The second-order valence-electron chi connectivity index (χ2n) is 6.68. The molecule has 0 amide bonds. The van der Waals surface area contributed by atoms with E-state index in [4.69, 9.17) is 0 Å². The van der Waals surface area contributed by atoms with Gasteiger partial charge in [-0.3, -0.25) is 4.68 Å². The Bertz CT molecular complexity index is 1190. The topological polar surface area (TPSA) is 67.2 Å². The van der Waals surface area contributed by atoms with E-state index in [1.54, 1.807) is 30.1 Å². The van der Waals surface area contributed by atoms with Gasteiger partial charge < -0.3 is 4.90 Å². The van der Waals surface area contributed by atoms with Crippen molar-refractivity contribution in [1.82, 2.24) is 14.5 Å². The average molecular weight is 422 g/mol. The number of nitrogens with one attached hydrogen (secondary N) is 1. The lowest BCUT2D eigenvalue weighted by Gasteiger charge is -2.31. The van der Waals surface area contributed by atoms with Crippen LogP contribution >= 0.6 is 0 Å². The summed E-state index contributed by atoms with van der Waals surface area (Å²) >= 11 is 0. The minimum atomic E-state index is -4.41. The summed E-state index contributed by atoms with van der Waals surface area (Å²) in [5.74, 6) is 0. The van der Waals surface area contributed by atoms with Crippen molar-refractivity contribution in [2.24, 2.45) is 7.05 Å². The van der Waals surface area contributed by atoms with Gasteiger partial charge in [-0.15, -0.1) is 0 Å². The van der Waals surface area contributed by atoms with E-state index in [9.17, 15) is 21.6 Å². The Morgan fingerprint density at radius 3 is 2.38 bits per heavy atom. The smallest absolute Gasteiger partial charge is 0.335 e. The molecule has 10 heteroatoms. The number of halogens is 3. The molecule has 0 saturated carbocycles. The number of aryl methyl sites for hydroxylation is 1. The number of nitrogens with zero attached hydrogens (tertiary/aromatic N) is 3. The van der Waals surface area contributed by atoms with Crippen LogP contribution < -0.4 is 9.62 Å². The van der Waals surface area contributed by atoms with Crippen LogP contribution in [0, 0.1) is 0 Å². The summed E-state index contributed by atoms with van der Waals surface area (Å²) in [6.07, 6.45) is -2.61. The molecule has 0 unspecified atom stereocenters. The third kappa shape index (κ3) is 3.38. The first-order valence-corrected chi connectivity index (χ1v) is 10.1. The Kier molecular flexibility index (Phi) is 4.43. The van der Waals surface area contributed by atoms with E-state index in [1.165, 1.54) is 25.2 Å². The largest absolute Gasteiger partial charge is 0.416 e. The summed E-state index contributed by atoms with van der Waals surface area (Å²) in [6, 6.07) is 9.55. The van der Waals surface area contributed by atoms with Gasteiger partial charge in [0.1, 0.15) is 0 Å². The molecule has 0 fully saturated rings. The fraction of sp³-hybridized carbons (Fsp3) is 0.211. The van der Waals surface area contributed by atoms with Crippen LogP contribution in [0.15, 0.2) is 53.6 Å². The number of rotatable bonds is 3. The standard InChI is InChI=1S/C19H17F3N4O2S/c1-23-29(27,28)14-7-8-18-15(9-14)16-10-25(2)24-17(16)11-26(18)13-5-3-12(4-6-13)19(20,21)22/h3-10,23H,11H2,1-2H3. The molecule has 3 aromatic rings. The van der Waals surface area contributed by atoms with Crippen molar-refractivity contribution < 1.29 is 21.6 Å². The van der Waals surface area contributed by atoms with Crippen LogP contribution in [-0.2, 0) is 29.8 Å². The third-order valence-electron chi connectivity index (χ3n) is 4.85. The summed E-state index contributed by atoms with van der Waals surface area (Å²) in [7, 11) is -0.562. The predicted octanol–water partition coefficient (Wildman–Crippen LogP) is 3.67. The molecule has 29 heavy (non-hydrogen) atoms. The molecular weight excluding hydrogens is 405 g/mol. The van der Waals surface area contributed by atoms with Gasteiger partial charge in [-0.2, -0.15) is 18.3 Å². The van der Waals surface area contributed by atoms with Gasteiger partial charge in [0.2, 0.25) is 10.0 Å². The maximum absolute atomic E-state index is 12.9. The number of benzene rings is 2. The summed E-state index contributed by atoms with van der Waals surface area (Å²) in [6.45, 7) is 0.354. The first-order chi connectivity index (χ1) is 13.6. The van der Waals surface area contributed by atoms with E-state index < -0.39 is 21.8 Å². The van der Waals surface area contributed by atoms with Crippen LogP contribution in [0.2, 0.25) is 0 Å². The van der Waals surface area contributed by atoms with E-state index in [0.717, 1.165) is 17.7 Å². The van der Waals surface area contributed by atoms with Crippen LogP contribution in [0.4, 0.5) is 24.5 Å². The molecule has 1 N–H and O–H groups in total. The number of alkyl halides is 3. The maximum atomic E-state index is 12.9. The fourth-order valence-electron chi connectivity index (χ4n) is 3.42. The summed E-state index contributed by atoms with van der Waals surface area (Å²) in [5, 5.41) is 4.42. The molecule has 152 valence electrons. The van der Waals surface area contributed by atoms with Crippen molar-refractivity contribution in [3.63, 3.8) is 0 Å². The number of fused-ring (bicyclic) bond motifs is 3. The van der Waals surface area contributed by atoms with Crippen molar-refractivity contribution in [2.75, 3.05) is 11.9 Å². The zero-order valence-corrected chi connectivity index (χ0v) is 16.3. The SMILES string of the molecule is CNS(=O)(=O)c1ccc2c(c1)-c1cn(C)nc1CN2c1ccc(C(F)(F)F)cc1. The highest BCUT2D eigenvalue weighted by Gasteiger charge is 2.31. The third-order valence-corrected chi connectivity index (χ3v) is 6.26. The van der Waals surface area contributed by atoms with E-state index in [0.29, 0.717) is 29.2 Å². The number of sulfonamides is 1. The average Bonchev–Trinajstić information content (AvgIpc) is 3.07. The number of aromatic nitrogens is 2. The molecule has 0 spiro atoms. The highest BCUT2D eigenvalue weighted by molar-refractivity contribution is 7.89. The van der Waals surface area contributed by atoms with E-state index in [1.807, 2.05) is 4.90 Å². The van der Waals surface area contributed by atoms with Crippen molar-refractivity contribution in [3.05, 3.63) is 59.9 Å². The zero-order valence-electron chi connectivity index (χ0n) is 15.5. The van der Waals surface area contributed by atoms with Crippen LogP contribution in [0.1, 0.15) is 11.3 Å². The van der Waals surface area contributed by atoms with Crippen LogP contribution in [-0.4, -0.2) is 25.2 Å². The van der Waals surface area contributed by atoms with Gasteiger partial charge in [-0.25, -0.2) is 13.1 Å². The molecule has 1 aromatic heterocycles. The molecule has 2 heterocycles. The van der Waals surface area contributed by atoms with Crippen LogP contribution in [0.3, 0.4) is 0 Å². The molecule has 0 aliphatic carbocycles. The second-order valence-corrected chi connectivity index (χ2v) is 8.57. The molecule has 0 atom stereocenters. The van der Waals surface area contributed by atoms with Gasteiger partial charge >= 0.3 is 6.18 Å². The molecule has 6 nitrogen and oxygen atoms in total. The van der Waals surface area contributed by atoms with E-state index in [2.05, 4.69) is 9.82 Å². The van der Waals surface area contributed by atoms with Crippen molar-refractivity contribution in [3.8, 4) is 11.1 Å². The first-order valence-electron chi connectivity index (χ1n) is 8.65. The number of anilines is 2. The molecule has 2 aromatic carbocycles. The van der Waals surface area contributed by atoms with Crippen LogP contribution in [0.25, 0.3) is 11.1 Å². The quantitative estimate of drug-likeness (QED) is 0.700. The van der Waals surface area contributed by atoms with Crippen molar-refractivity contribution >= 4 is 21.4 Å². The summed E-state index contributed by atoms with van der Waals surface area (Å²) in [4.78, 5) is 1.92. The zero-order chi connectivity index (χ0) is 21.0. The van der Waals surface area contributed by atoms with Crippen LogP contribution in [0.5, 0.6) is 0 Å². The van der Waals surface area contributed by atoms with Gasteiger partial charge in [0.15, 0.2) is 0 Å². The summed E-state index contributed by atoms with van der Waals surface area (Å²) < 4.78 is 67.1. The van der Waals surface area contributed by atoms with Crippen molar-refractivity contribution in [1.29, 1.82) is 0 Å². The Labute approximate surface area is 165 Å². The highest BCUT2D eigenvalue weighted by Crippen LogP contribution is 2.43. The Morgan fingerprint density at radius 2 is 1.76 bits per heavy atom. The molecular formula is C19H17F3N4O2S. The van der Waals surface area contributed by atoms with E-state index >= 15 is 0 Å². The summed E-state index contributed by atoms with van der Waals surface area (Å²) in [5.41, 5.74) is 2.67. The second kappa shape index (κ2) is 6.60. The van der Waals surface area contributed by atoms with Gasteiger partial charge in [0, 0.05) is 35.7 Å². The molecule has 1 aliphatic heterocycles.